The van der Waals surface area contributed by atoms with Crippen LogP contribution in [0.3, 0.4) is 0 Å². The number of carbonyl (C=O) groups is 1. The van der Waals surface area contributed by atoms with Gasteiger partial charge in [0.15, 0.2) is 5.82 Å². The SMILES string of the molecule is CCOC(=O)[C@@H]1CCCN(Cn2nc(-c3cccnc3)n(-c3ccccc3)c2=S)C1. The molecule has 1 aliphatic heterocycles. The third-order valence-corrected chi connectivity index (χ3v) is 5.63. The highest BCUT2D eigenvalue weighted by molar-refractivity contribution is 7.71. The molecule has 0 aliphatic carbocycles. The van der Waals surface area contributed by atoms with Gasteiger partial charge in [-0.15, -0.1) is 5.10 Å². The van der Waals surface area contributed by atoms with Gasteiger partial charge in [-0.1, -0.05) is 18.2 Å². The first kappa shape index (κ1) is 20.4. The number of pyridine rings is 1. The minimum absolute atomic E-state index is 0.0955. The average molecular weight is 424 g/mol. The van der Waals surface area contributed by atoms with Crippen molar-refractivity contribution >= 4 is 18.2 Å². The molecule has 0 unspecified atom stereocenters. The molecule has 7 nitrogen and oxygen atoms in total. The Kier molecular flexibility index (Phi) is 6.35. The van der Waals surface area contributed by atoms with E-state index in [0.29, 0.717) is 24.6 Å². The van der Waals surface area contributed by atoms with Crippen molar-refractivity contribution in [2.45, 2.75) is 26.4 Å². The van der Waals surface area contributed by atoms with Crippen LogP contribution in [0.15, 0.2) is 54.9 Å². The second-order valence-electron chi connectivity index (χ2n) is 7.33. The van der Waals surface area contributed by atoms with Gasteiger partial charge in [0.25, 0.3) is 0 Å². The number of hydrogen-bond donors (Lipinski definition) is 0. The van der Waals surface area contributed by atoms with E-state index in [2.05, 4.69) is 9.88 Å². The molecule has 0 bridgehead atoms. The van der Waals surface area contributed by atoms with E-state index < -0.39 is 0 Å². The van der Waals surface area contributed by atoms with Gasteiger partial charge in [0, 0.05) is 30.2 Å². The Labute approximate surface area is 180 Å². The summed E-state index contributed by atoms with van der Waals surface area (Å²) in [7, 11) is 0. The number of piperidine rings is 1. The normalized spacial score (nSPS) is 17.0. The molecule has 1 saturated heterocycles. The summed E-state index contributed by atoms with van der Waals surface area (Å²) < 4.78 is 9.64. The third-order valence-electron chi connectivity index (χ3n) is 5.23. The fourth-order valence-electron chi connectivity index (χ4n) is 3.82. The van der Waals surface area contributed by atoms with Crippen molar-refractivity contribution in [1.82, 2.24) is 24.2 Å². The van der Waals surface area contributed by atoms with Gasteiger partial charge < -0.3 is 4.74 Å². The lowest BCUT2D eigenvalue weighted by atomic mass is 9.99. The van der Waals surface area contributed by atoms with E-state index in [9.17, 15) is 4.79 Å². The summed E-state index contributed by atoms with van der Waals surface area (Å²) in [5, 5.41) is 4.83. The Balaban J connectivity index is 1.65. The van der Waals surface area contributed by atoms with Crippen molar-refractivity contribution in [3.63, 3.8) is 0 Å². The van der Waals surface area contributed by atoms with Crippen LogP contribution in [-0.4, -0.2) is 49.9 Å². The van der Waals surface area contributed by atoms with E-state index in [0.717, 1.165) is 36.5 Å². The number of benzene rings is 1. The summed E-state index contributed by atoms with van der Waals surface area (Å²) in [6.45, 7) is 4.34. The van der Waals surface area contributed by atoms with Gasteiger partial charge in [0.05, 0.1) is 19.2 Å². The van der Waals surface area contributed by atoms with Gasteiger partial charge >= 0.3 is 5.97 Å². The van der Waals surface area contributed by atoms with Crippen LogP contribution in [-0.2, 0) is 16.2 Å². The molecule has 0 N–H and O–H groups in total. The first-order chi connectivity index (χ1) is 14.7. The third kappa shape index (κ3) is 4.34. The topological polar surface area (TPSA) is 65.2 Å². The van der Waals surface area contributed by atoms with Crippen LogP contribution in [0.2, 0.25) is 0 Å². The van der Waals surface area contributed by atoms with Crippen molar-refractivity contribution in [2.75, 3.05) is 19.7 Å². The maximum atomic E-state index is 12.2. The quantitative estimate of drug-likeness (QED) is 0.445. The number of nitrogens with zero attached hydrogens (tertiary/aromatic N) is 5. The number of esters is 1. The number of likely N-dealkylation sites (tertiary alicyclic amines) is 1. The molecule has 3 heterocycles. The summed E-state index contributed by atoms with van der Waals surface area (Å²) in [6, 6.07) is 13.8. The highest BCUT2D eigenvalue weighted by atomic mass is 32.1. The number of ether oxygens (including phenoxy) is 1. The molecule has 1 aromatic carbocycles. The van der Waals surface area contributed by atoms with Gasteiger partial charge in [-0.25, -0.2) is 4.68 Å². The van der Waals surface area contributed by atoms with Crippen molar-refractivity contribution in [3.05, 3.63) is 59.6 Å². The lowest BCUT2D eigenvalue weighted by molar-refractivity contribution is -0.150. The van der Waals surface area contributed by atoms with Crippen molar-refractivity contribution in [2.24, 2.45) is 5.92 Å². The zero-order valence-electron chi connectivity index (χ0n) is 17.0. The summed E-state index contributed by atoms with van der Waals surface area (Å²) in [5.74, 6) is 0.539. The summed E-state index contributed by atoms with van der Waals surface area (Å²) in [6.07, 6.45) is 5.34. The van der Waals surface area contributed by atoms with E-state index in [-0.39, 0.29) is 11.9 Å². The minimum Gasteiger partial charge on any atom is -0.466 e. The summed E-state index contributed by atoms with van der Waals surface area (Å²) in [4.78, 5) is 18.6. The molecule has 0 spiro atoms. The number of hydrogen-bond acceptors (Lipinski definition) is 6. The Morgan fingerprint density at radius 2 is 2.07 bits per heavy atom. The standard InChI is InChI=1S/C22H25N5O2S/c1-2-29-21(28)18-9-7-13-25(15-18)16-26-22(30)27(19-10-4-3-5-11-19)20(24-26)17-8-6-12-23-14-17/h3-6,8,10-12,14,18H,2,7,9,13,15-16H2,1H3/t18-/m1/s1. The molecule has 30 heavy (non-hydrogen) atoms. The van der Waals surface area contributed by atoms with E-state index in [1.165, 1.54) is 0 Å². The van der Waals surface area contributed by atoms with Crippen LogP contribution in [0.1, 0.15) is 19.8 Å². The molecular weight excluding hydrogens is 398 g/mol. The monoisotopic (exact) mass is 423 g/mol. The molecule has 1 aliphatic rings. The molecular formula is C22H25N5O2S. The molecule has 156 valence electrons. The van der Waals surface area contributed by atoms with E-state index in [4.69, 9.17) is 22.1 Å². The Morgan fingerprint density at radius 1 is 1.23 bits per heavy atom. The second-order valence-corrected chi connectivity index (χ2v) is 7.69. The van der Waals surface area contributed by atoms with Crippen LogP contribution in [0, 0.1) is 10.7 Å². The van der Waals surface area contributed by atoms with Crippen LogP contribution in [0.4, 0.5) is 0 Å². The number of rotatable bonds is 6. The van der Waals surface area contributed by atoms with Crippen LogP contribution in [0.5, 0.6) is 0 Å². The van der Waals surface area contributed by atoms with Gasteiger partial charge in [0.2, 0.25) is 4.77 Å². The summed E-state index contributed by atoms with van der Waals surface area (Å²) in [5.41, 5.74) is 1.85. The average Bonchev–Trinajstić information content (AvgIpc) is 3.11. The van der Waals surface area contributed by atoms with Crippen LogP contribution in [0.25, 0.3) is 17.1 Å². The van der Waals surface area contributed by atoms with Crippen LogP contribution < -0.4 is 0 Å². The number of aromatic nitrogens is 4. The fourth-order valence-corrected chi connectivity index (χ4v) is 4.11. The van der Waals surface area contributed by atoms with Crippen molar-refractivity contribution in [1.29, 1.82) is 0 Å². The maximum absolute atomic E-state index is 12.2. The zero-order chi connectivity index (χ0) is 20.9. The maximum Gasteiger partial charge on any atom is 0.310 e. The molecule has 0 amide bonds. The predicted octanol–water partition coefficient (Wildman–Crippen LogP) is 3.70. The second kappa shape index (κ2) is 9.32. The molecule has 3 aromatic rings. The first-order valence-electron chi connectivity index (χ1n) is 10.2. The molecule has 2 aromatic heterocycles. The molecule has 4 rings (SSSR count). The minimum atomic E-state index is -0.114. The highest BCUT2D eigenvalue weighted by Crippen LogP contribution is 2.23. The van der Waals surface area contributed by atoms with Gasteiger partial charge in [-0.3, -0.25) is 19.2 Å². The lowest BCUT2D eigenvalue weighted by Gasteiger charge is -2.31. The van der Waals surface area contributed by atoms with Crippen LogP contribution >= 0.6 is 12.2 Å². The molecule has 1 fully saturated rings. The first-order valence-corrected chi connectivity index (χ1v) is 10.6. The Bertz CT molecular complexity index is 1050. The number of para-hydroxylation sites is 1. The fraction of sp³-hybridized carbons (Fsp3) is 0.364. The Morgan fingerprint density at radius 3 is 2.80 bits per heavy atom. The predicted molar refractivity (Wildman–Crippen MR) is 117 cm³/mol. The number of carbonyl (C=O) groups excluding carboxylic acids is 1. The highest BCUT2D eigenvalue weighted by Gasteiger charge is 2.27. The molecule has 1 atom stereocenters. The summed E-state index contributed by atoms with van der Waals surface area (Å²) >= 11 is 5.81. The smallest absolute Gasteiger partial charge is 0.310 e. The van der Waals surface area contributed by atoms with Gasteiger partial charge in [-0.2, -0.15) is 0 Å². The van der Waals surface area contributed by atoms with Gasteiger partial charge in [-0.05, 0) is 62.8 Å². The molecule has 8 heteroatoms. The van der Waals surface area contributed by atoms with E-state index >= 15 is 0 Å². The molecule has 0 saturated carbocycles. The molecule has 0 radical (unpaired) electrons. The zero-order valence-corrected chi connectivity index (χ0v) is 17.8. The lowest BCUT2D eigenvalue weighted by Crippen LogP contribution is -2.40. The van der Waals surface area contributed by atoms with E-state index in [1.54, 1.807) is 12.4 Å². The van der Waals surface area contributed by atoms with Crippen molar-refractivity contribution < 1.29 is 9.53 Å². The van der Waals surface area contributed by atoms with E-state index in [1.807, 2.05) is 58.6 Å². The van der Waals surface area contributed by atoms with Crippen molar-refractivity contribution in [3.8, 4) is 17.1 Å². The van der Waals surface area contributed by atoms with Gasteiger partial charge in [0.1, 0.15) is 0 Å². The largest absolute Gasteiger partial charge is 0.466 e. The Hall–Kier alpha value is -2.84.